The molecule has 2 aliphatic rings. The van der Waals surface area contributed by atoms with E-state index in [1.807, 2.05) is 23.1 Å². The standard InChI is InChI=1S/C17H24N2O2/c1-12-3-6-15(9-13(12)2)18-17(20)19-8-7-16(10-19)21-11-14-4-5-14/h3,6,9,14,16H,4-5,7-8,10-11H2,1-2H3,(H,18,20). The van der Waals surface area contributed by atoms with Crippen LogP contribution in [-0.4, -0.2) is 36.7 Å². The van der Waals surface area contributed by atoms with Gasteiger partial charge in [0, 0.05) is 25.4 Å². The zero-order valence-electron chi connectivity index (χ0n) is 12.9. The lowest BCUT2D eigenvalue weighted by Crippen LogP contribution is -2.34. The van der Waals surface area contributed by atoms with Crippen LogP contribution in [0, 0.1) is 19.8 Å². The molecule has 2 fully saturated rings. The highest BCUT2D eigenvalue weighted by atomic mass is 16.5. The van der Waals surface area contributed by atoms with Gasteiger partial charge in [0.15, 0.2) is 0 Å². The van der Waals surface area contributed by atoms with Crippen molar-refractivity contribution in [3.05, 3.63) is 29.3 Å². The van der Waals surface area contributed by atoms with Crippen molar-refractivity contribution < 1.29 is 9.53 Å². The number of nitrogens with zero attached hydrogens (tertiary/aromatic N) is 1. The van der Waals surface area contributed by atoms with Crippen molar-refractivity contribution in [3.63, 3.8) is 0 Å². The fourth-order valence-electron chi connectivity index (χ4n) is 2.63. The van der Waals surface area contributed by atoms with Crippen LogP contribution < -0.4 is 5.32 Å². The molecule has 1 N–H and O–H groups in total. The highest BCUT2D eigenvalue weighted by Gasteiger charge is 2.29. The van der Waals surface area contributed by atoms with Gasteiger partial charge in [0.2, 0.25) is 0 Å². The van der Waals surface area contributed by atoms with Gasteiger partial charge in [-0.3, -0.25) is 0 Å². The van der Waals surface area contributed by atoms with E-state index in [-0.39, 0.29) is 12.1 Å². The molecular weight excluding hydrogens is 264 g/mol. The smallest absolute Gasteiger partial charge is 0.321 e. The molecule has 2 amide bonds. The Balaban J connectivity index is 1.49. The number of ether oxygens (including phenoxy) is 1. The fraction of sp³-hybridized carbons (Fsp3) is 0.588. The predicted octanol–water partition coefficient (Wildman–Crippen LogP) is 3.34. The molecule has 1 saturated carbocycles. The maximum atomic E-state index is 12.3. The summed E-state index contributed by atoms with van der Waals surface area (Å²) in [6, 6.07) is 5.99. The highest BCUT2D eigenvalue weighted by molar-refractivity contribution is 5.89. The fourth-order valence-corrected chi connectivity index (χ4v) is 2.63. The average Bonchev–Trinajstić information content (AvgIpc) is 3.17. The second kappa shape index (κ2) is 6.06. The first-order valence-corrected chi connectivity index (χ1v) is 7.86. The first-order valence-electron chi connectivity index (χ1n) is 7.86. The number of likely N-dealkylation sites (tertiary alicyclic amines) is 1. The lowest BCUT2D eigenvalue weighted by molar-refractivity contribution is 0.0543. The minimum Gasteiger partial charge on any atom is -0.376 e. The van der Waals surface area contributed by atoms with Gasteiger partial charge in [0.1, 0.15) is 0 Å². The number of carbonyl (C=O) groups is 1. The molecule has 1 aromatic carbocycles. The molecule has 114 valence electrons. The molecule has 1 aliphatic heterocycles. The molecule has 21 heavy (non-hydrogen) atoms. The number of rotatable bonds is 4. The van der Waals surface area contributed by atoms with Crippen LogP contribution in [0.15, 0.2) is 18.2 Å². The van der Waals surface area contributed by atoms with Crippen molar-refractivity contribution in [2.75, 3.05) is 25.0 Å². The second-order valence-corrected chi connectivity index (χ2v) is 6.36. The van der Waals surface area contributed by atoms with E-state index < -0.39 is 0 Å². The van der Waals surface area contributed by atoms with E-state index in [2.05, 4.69) is 19.2 Å². The average molecular weight is 288 g/mol. The van der Waals surface area contributed by atoms with Crippen LogP contribution in [0.3, 0.4) is 0 Å². The number of urea groups is 1. The Morgan fingerprint density at radius 2 is 2.10 bits per heavy atom. The van der Waals surface area contributed by atoms with E-state index in [4.69, 9.17) is 4.74 Å². The summed E-state index contributed by atoms with van der Waals surface area (Å²) in [6.07, 6.45) is 3.79. The van der Waals surface area contributed by atoms with Crippen LogP contribution in [0.4, 0.5) is 10.5 Å². The molecule has 3 rings (SSSR count). The largest absolute Gasteiger partial charge is 0.376 e. The summed E-state index contributed by atoms with van der Waals surface area (Å²) in [4.78, 5) is 14.1. The van der Waals surface area contributed by atoms with Crippen LogP contribution in [0.25, 0.3) is 0 Å². The van der Waals surface area contributed by atoms with Gasteiger partial charge in [0.05, 0.1) is 6.10 Å². The summed E-state index contributed by atoms with van der Waals surface area (Å²) in [5.41, 5.74) is 3.30. The third-order valence-electron chi connectivity index (χ3n) is 4.45. The molecule has 0 spiro atoms. The molecule has 1 atom stereocenters. The Morgan fingerprint density at radius 3 is 2.81 bits per heavy atom. The van der Waals surface area contributed by atoms with Gasteiger partial charge < -0.3 is 15.0 Å². The minimum absolute atomic E-state index is 0.0178. The Bertz CT molecular complexity index is 526. The normalized spacial score (nSPS) is 21.6. The number of anilines is 1. The van der Waals surface area contributed by atoms with E-state index in [9.17, 15) is 4.79 Å². The molecule has 0 radical (unpaired) electrons. The summed E-state index contributed by atoms with van der Waals surface area (Å²) in [7, 11) is 0. The number of nitrogens with one attached hydrogen (secondary N) is 1. The second-order valence-electron chi connectivity index (χ2n) is 6.36. The lowest BCUT2D eigenvalue weighted by atomic mass is 10.1. The molecule has 1 aromatic rings. The van der Waals surface area contributed by atoms with E-state index in [1.54, 1.807) is 0 Å². The zero-order valence-corrected chi connectivity index (χ0v) is 12.9. The molecular formula is C17H24N2O2. The van der Waals surface area contributed by atoms with Crippen molar-refractivity contribution >= 4 is 11.7 Å². The number of hydrogen-bond acceptors (Lipinski definition) is 2. The summed E-state index contributed by atoms with van der Waals surface area (Å²) in [5, 5.41) is 2.98. The van der Waals surface area contributed by atoms with E-state index in [0.29, 0.717) is 6.54 Å². The number of benzene rings is 1. The third-order valence-corrected chi connectivity index (χ3v) is 4.45. The zero-order chi connectivity index (χ0) is 14.8. The SMILES string of the molecule is Cc1ccc(NC(=O)N2CCC(OCC3CC3)C2)cc1C. The number of hydrogen-bond donors (Lipinski definition) is 1. The first-order chi connectivity index (χ1) is 10.1. The number of amides is 2. The van der Waals surface area contributed by atoms with Gasteiger partial charge in [-0.05, 0) is 62.3 Å². The summed E-state index contributed by atoms with van der Waals surface area (Å²) < 4.78 is 5.87. The van der Waals surface area contributed by atoms with Crippen molar-refractivity contribution in [1.29, 1.82) is 0 Å². The molecule has 1 saturated heterocycles. The molecule has 1 unspecified atom stereocenters. The van der Waals surface area contributed by atoms with Crippen molar-refractivity contribution in [2.45, 2.75) is 39.2 Å². The molecule has 1 heterocycles. The Hall–Kier alpha value is -1.55. The monoisotopic (exact) mass is 288 g/mol. The Morgan fingerprint density at radius 1 is 1.29 bits per heavy atom. The maximum absolute atomic E-state index is 12.3. The highest BCUT2D eigenvalue weighted by Crippen LogP contribution is 2.30. The first kappa shape index (κ1) is 14.4. The van der Waals surface area contributed by atoms with Crippen LogP contribution in [0.5, 0.6) is 0 Å². The van der Waals surface area contributed by atoms with Gasteiger partial charge in [0.25, 0.3) is 0 Å². The topological polar surface area (TPSA) is 41.6 Å². The van der Waals surface area contributed by atoms with Gasteiger partial charge in [-0.1, -0.05) is 6.07 Å². The summed E-state index contributed by atoms with van der Waals surface area (Å²) in [6.45, 7) is 6.50. The molecule has 0 bridgehead atoms. The van der Waals surface area contributed by atoms with E-state index >= 15 is 0 Å². The molecule has 4 nitrogen and oxygen atoms in total. The minimum atomic E-state index is -0.0178. The van der Waals surface area contributed by atoms with Gasteiger partial charge in [-0.25, -0.2) is 4.79 Å². The lowest BCUT2D eigenvalue weighted by Gasteiger charge is -2.18. The van der Waals surface area contributed by atoms with E-state index in [1.165, 1.54) is 24.0 Å². The van der Waals surface area contributed by atoms with Crippen molar-refractivity contribution in [1.82, 2.24) is 4.90 Å². The Kier molecular flexibility index (Phi) is 4.15. The van der Waals surface area contributed by atoms with Crippen LogP contribution >= 0.6 is 0 Å². The summed E-state index contributed by atoms with van der Waals surface area (Å²) >= 11 is 0. The Labute approximate surface area is 126 Å². The number of aryl methyl sites for hydroxylation is 2. The van der Waals surface area contributed by atoms with Crippen molar-refractivity contribution in [2.24, 2.45) is 5.92 Å². The van der Waals surface area contributed by atoms with E-state index in [0.717, 1.165) is 31.2 Å². The van der Waals surface area contributed by atoms with Gasteiger partial charge in [-0.15, -0.1) is 0 Å². The van der Waals surface area contributed by atoms with Gasteiger partial charge in [-0.2, -0.15) is 0 Å². The van der Waals surface area contributed by atoms with Crippen LogP contribution in [-0.2, 0) is 4.74 Å². The number of carbonyl (C=O) groups excluding carboxylic acids is 1. The van der Waals surface area contributed by atoms with Gasteiger partial charge >= 0.3 is 6.03 Å². The molecule has 0 aromatic heterocycles. The third kappa shape index (κ3) is 3.76. The molecule has 4 heteroatoms. The quantitative estimate of drug-likeness (QED) is 0.923. The van der Waals surface area contributed by atoms with Crippen LogP contribution in [0.2, 0.25) is 0 Å². The van der Waals surface area contributed by atoms with Crippen molar-refractivity contribution in [3.8, 4) is 0 Å². The summed E-state index contributed by atoms with van der Waals surface area (Å²) in [5.74, 6) is 0.781. The maximum Gasteiger partial charge on any atom is 0.321 e. The van der Waals surface area contributed by atoms with Crippen LogP contribution in [0.1, 0.15) is 30.4 Å². The molecule has 1 aliphatic carbocycles. The predicted molar refractivity (Wildman–Crippen MR) is 83.6 cm³/mol.